The number of nitrogens with zero attached hydrogens (tertiary/aromatic N) is 4. The third-order valence-corrected chi connectivity index (χ3v) is 7.51. The molecule has 0 aliphatic rings. The number of alkyl halides is 1. The molecule has 1 amide bonds. The SMILES string of the molecule is CCS(=O)(=O)c1cc([N+](=O)[O-])c(C(=O)N(C)CCN(C)C)cc1N(CCBr)CCOS(C)(=O)=O. The largest absolute Gasteiger partial charge is 0.367 e. The van der Waals surface area contributed by atoms with Gasteiger partial charge in [-0.3, -0.25) is 19.1 Å². The topological polar surface area (TPSA) is 147 Å². The fourth-order valence-electron chi connectivity index (χ4n) is 2.94. The van der Waals surface area contributed by atoms with E-state index in [1.807, 2.05) is 19.0 Å². The Balaban J connectivity index is 3.69. The number of nitro benzene ring substituents is 1. The number of hydrogen-bond donors (Lipinski definition) is 0. The number of carbonyl (C=O) groups is 1. The lowest BCUT2D eigenvalue weighted by Crippen LogP contribution is -2.35. The Morgan fingerprint density at radius 3 is 2.18 bits per heavy atom. The second-order valence-electron chi connectivity index (χ2n) is 7.73. The fraction of sp³-hybridized carbons (Fsp3) is 0.632. The minimum absolute atomic E-state index is 0.0349. The van der Waals surface area contributed by atoms with Crippen LogP contribution in [0.25, 0.3) is 0 Å². The molecule has 0 unspecified atom stereocenters. The number of sulfone groups is 1. The van der Waals surface area contributed by atoms with Crippen molar-refractivity contribution in [1.29, 1.82) is 0 Å². The molecular weight excluding hydrogens is 556 g/mol. The highest BCUT2D eigenvalue weighted by Gasteiger charge is 2.31. The Hall–Kier alpha value is -1.81. The summed E-state index contributed by atoms with van der Waals surface area (Å²) in [4.78, 5) is 28.5. The van der Waals surface area contributed by atoms with Gasteiger partial charge in [0, 0.05) is 44.6 Å². The molecule has 0 atom stereocenters. The molecule has 0 aliphatic carbocycles. The van der Waals surface area contributed by atoms with E-state index in [-0.39, 0.29) is 41.6 Å². The molecule has 15 heteroatoms. The summed E-state index contributed by atoms with van der Waals surface area (Å²) in [5, 5.41) is 12.2. The molecule has 12 nitrogen and oxygen atoms in total. The predicted octanol–water partition coefficient (Wildman–Crippen LogP) is 1.20. The summed E-state index contributed by atoms with van der Waals surface area (Å²) in [5.74, 6) is -0.962. The summed E-state index contributed by atoms with van der Waals surface area (Å²) in [6.45, 7) is 2.12. The third-order valence-electron chi connectivity index (χ3n) is 4.80. The average Bonchev–Trinajstić information content (AvgIpc) is 2.74. The van der Waals surface area contributed by atoms with E-state index >= 15 is 0 Å². The molecule has 1 aromatic rings. The van der Waals surface area contributed by atoms with Crippen LogP contribution in [0.15, 0.2) is 17.0 Å². The van der Waals surface area contributed by atoms with E-state index in [0.717, 1.165) is 12.3 Å². The highest BCUT2D eigenvalue weighted by molar-refractivity contribution is 9.09. The van der Waals surface area contributed by atoms with Crippen LogP contribution in [0.2, 0.25) is 0 Å². The molecule has 0 fully saturated rings. The van der Waals surface area contributed by atoms with E-state index in [0.29, 0.717) is 18.4 Å². The van der Waals surface area contributed by atoms with E-state index in [2.05, 4.69) is 15.9 Å². The van der Waals surface area contributed by atoms with Crippen LogP contribution in [-0.2, 0) is 24.1 Å². The van der Waals surface area contributed by atoms with Gasteiger partial charge in [-0.15, -0.1) is 0 Å². The van der Waals surface area contributed by atoms with Crippen LogP contribution < -0.4 is 4.90 Å². The van der Waals surface area contributed by atoms with Crippen LogP contribution in [0.1, 0.15) is 17.3 Å². The van der Waals surface area contributed by atoms with Crippen molar-refractivity contribution in [3.63, 3.8) is 0 Å². The number of carbonyl (C=O) groups excluding carboxylic acids is 1. The van der Waals surface area contributed by atoms with Crippen molar-refractivity contribution >= 4 is 53.2 Å². The quantitative estimate of drug-likeness (QED) is 0.135. The smallest absolute Gasteiger partial charge is 0.283 e. The lowest BCUT2D eigenvalue weighted by molar-refractivity contribution is -0.385. The van der Waals surface area contributed by atoms with Crippen molar-refractivity contribution in [2.45, 2.75) is 11.8 Å². The summed E-state index contributed by atoms with van der Waals surface area (Å²) in [7, 11) is -2.53. The van der Waals surface area contributed by atoms with Gasteiger partial charge in [-0.1, -0.05) is 22.9 Å². The Labute approximate surface area is 209 Å². The summed E-state index contributed by atoms with van der Waals surface area (Å²) >= 11 is 3.28. The molecule has 0 bridgehead atoms. The van der Waals surface area contributed by atoms with E-state index in [4.69, 9.17) is 4.18 Å². The third kappa shape index (κ3) is 8.76. The van der Waals surface area contributed by atoms with Gasteiger partial charge in [0.1, 0.15) is 5.56 Å². The number of amides is 1. The average molecular weight is 588 g/mol. The first-order chi connectivity index (χ1) is 15.6. The maximum atomic E-state index is 13.1. The van der Waals surface area contributed by atoms with E-state index < -0.39 is 36.5 Å². The Bertz CT molecular complexity index is 1090. The number of nitro groups is 1. The highest BCUT2D eigenvalue weighted by Crippen LogP contribution is 2.34. The van der Waals surface area contributed by atoms with Gasteiger partial charge >= 0.3 is 0 Å². The fourth-order valence-corrected chi connectivity index (χ4v) is 4.86. The van der Waals surface area contributed by atoms with Crippen LogP contribution in [0.4, 0.5) is 11.4 Å². The van der Waals surface area contributed by atoms with Crippen LogP contribution in [0.3, 0.4) is 0 Å². The Kier molecular flexibility index (Phi) is 11.3. The Morgan fingerprint density at radius 2 is 1.71 bits per heavy atom. The number of anilines is 1. The zero-order chi connectivity index (χ0) is 26.3. The van der Waals surface area contributed by atoms with E-state index in [1.165, 1.54) is 29.8 Å². The molecule has 34 heavy (non-hydrogen) atoms. The lowest BCUT2D eigenvalue weighted by atomic mass is 10.1. The van der Waals surface area contributed by atoms with Crippen molar-refractivity contribution in [2.24, 2.45) is 0 Å². The van der Waals surface area contributed by atoms with Crippen molar-refractivity contribution in [3.8, 4) is 0 Å². The molecule has 0 saturated heterocycles. The maximum Gasteiger partial charge on any atom is 0.283 e. The standard InChI is InChI=1S/C19H31BrN4O8S2/c1-6-34(30,31)18-14-16(24(26)27)15(19(25)22(4)10-9-21(2)3)13-17(18)23(8-7-20)11-12-32-33(5,28)29/h13-14H,6-12H2,1-5H3. The zero-order valence-electron chi connectivity index (χ0n) is 19.9. The Morgan fingerprint density at radius 1 is 1.09 bits per heavy atom. The summed E-state index contributed by atoms with van der Waals surface area (Å²) in [6, 6.07) is 2.10. The monoisotopic (exact) mass is 586 g/mol. The van der Waals surface area contributed by atoms with Crippen LogP contribution >= 0.6 is 15.9 Å². The summed E-state index contributed by atoms with van der Waals surface area (Å²) in [5.41, 5.74) is -0.822. The van der Waals surface area contributed by atoms with Crippen LogP contribution in [-0.4, -0.2) is 109 Å². The van der Waals surface area contributed by atoms with Gasteiger partial charge in [-0.05, 0) is 20.2 Å². The van der Waals surface area contributed by atoms with Gasteiger partial charge in [-0.25, -0.2) is 8.42 Å². The van der Waals surface area contributed by atoms with Gasteiger partial charge in [0.15, 0.2) is 9.84 Å². The first kappa shape index (κ1) is 30.2. The number of likely N-dealkylation sites (N-methyl/N-ethyl adjacent to an activating group) is 2. The molecular formula is C19H31BrN4O8S2. The van der Waals surface area contributed by atoms with Crippen molar-refractivity contribution in [3.05, 3.63) is 27.8 Å². The number of halogens is 1. The molecule has 0 aliphatic heterocycles. The predicted molar refractivity (Wildman–Crippen MR) is 133 cm³/mol. The second-order valence-corrected chi connectivity index (χ2v) is 12.4. The summed E-state index contributed by atoms with van der Waals surface area (Å²) < 4.78 is 53.2. The second kappa shape index (κ2) is 12.8. The van der Waals surface area contributed by atoms with Crippen molar-refractivity contribution in [2.75, 3.05) is 76.2 Å². The van der Waals surface area contributed by atoms with Gasteiger partial charge in [0.25, 0.3) is 21.7 Å². The molecule has 1 aromatic carbocycles. The van der Waals surface area contributed by atoms with Crippen LogP contribution in [0.5, 0.6) is 0 Å². The van der Waals surface area contributed by atoms with Gasteiger partial charge in [0.2, 0.25) is 0 Å². The minimum Gasteiger partial charge on any atom is -0.367 e. The van der Waals surface area contributed by atoms with Crippen molar-refractivity contribution < 1.29 is 30.7 Å². The number of rotatable bonds is 14. The molecule has 0 saturated carbocycles. The van der Waals surface area contributed by atoms with Gasteiger partial charge in [0.05, 0.1) is 34.1 Å². The molecule has 0 heterocycles. The van der Waals surface area contributed by atoms with Gasteiger partial charge < -0.3 is 14.7 Å². The highest BCUT2D eigenvalue weighted by atomic mass is 79.9. The maximum absolute atomic E-state index is 13.1. The normalized spacial score (nSPS) is 12.1. The molecule has 194 valence electrons. The molecule has 0 radical (unpaired) electrons. The van der Waals surface area contributed by atoms with Crippen LogP contribution in [0, 0.1) is 10.1 Å². The first-order valence-corrected chi connectivity index (χ1v) is 14.8. The zero-order valence-corrected chi connectivity index (χ0v) is 23.1. The number of benzene rings is 1. The molecule has 0 spiro atoms. The van der Waals surface area contributed by atoms with E-state index in [9.17, 15) is 31.7 Å². The molecule has 0 N–H and O–H groups in total. The molecule has 1 rings (SSSR count). The lowest BCUT2D eigenvalue weighted by Gasteiger charge is -2.27. The molecule has 0 aromatic heterocycles. The van der Waals surface area contributed by atoms with E-state index in [1.54, 1.807) is 0 Å². The summed E-state index contributed by atoms with van der Waals surface area (Å²) in [6.07, 6.45) is 0.890. The first-order valence-electron chi connectivity index (χ1n) is 10.2. The minimum atomic E-state index is -3.94. The van der Waals surface area contributed by atoms with Crippen molar-refractivity contribution in [1.82, 2.24) is 9.80 Å². The number of hydrogen-bond acceptors (Lipinski definition) is 10. The van der Waals surface area contributed by atoms with Gasteiger partial charge in [-0.2, -0.15) is 8.42 Å².